The van der Waals surface area contributed by atoms with Gasteiger partial charge in [-0.25, -0.2) is 9.78 Å². The summed E-state index contributed by atoms with van der Waals surface area (Å²) in [6.07, 6.45) is -4.84. The Labute approximate surface area is 247 Å². The second-order valence-electron chi connectivity index (χ2n) is 7.18. The molecular formula is C18H18N5Na2O10P. The Balaban J connectivity index is 0.00000228. The van der Waals surface area contributed by atoms with Crippen molar-refractivity contribution in [2.75, 3.05) is 19.0 Å². The Kier molecular flexibility index (Phi) is 10.9. The molecule has 1 amide bonds. The molecule has 0 aliphatic carbocycles. The van der Waals surface area contributed by atoms with Gasteiger partial charge >= 0.3 is 64.8 Å². The minimum atomic E-state index is -5.34. The van der Waals surface area contributed by atoms with Crippen molar-refractivity contribution in [3.05, 3.63) is 46.6 Å². The number of methoxy groups -OCH3 is 1. The van der Waals surface area contributed by atoms with Gasteiger partial charge in [-0.15, -0.1) is 0 Å². The first-order valence-corrected chi connectivity index (χ1v) is 11.1. The Morgan fingerprint density at radius 2 is 1.97 bits per heavy atom. The van der Waals surface area contributed by atoms with Gasteiger partial charge in [-0.2, -0.15) is 4.98 Å². The third-order valence-electron chi connectivity index (χ3n) is 5.04. The van der Waals surface area contributed by atoms with Crippen molar-refractivity contribution >= 4 is 30.7 Å². The summed E-state index contributed by atoms with van der Waals surface area (Å²) >= 11 is 0. The van der Waals surface area contributed by atoms with Crippen LogP contribution < -0.4 is 84.6 Å². The smallest absolute Gasteiger partial charge is 0.790 e. The molecule has 0 spiro atoms. The number of aliphatic hydroxyl groups excluding tert-OH is 2. The number of para-hydroxylation sites is 1. The molecule has 18 heteroatoms. The number of ether oxygens (including phenoxy) is 2. The zero-order chi connectivity index (χ0) is 24.6. The number of H-pyrrole nitrogens is 1. The summed E-state index contributed by atoms with van der Waals surface area (Å²) in [5.41, 5.74) is -0.771. The van der Waals surface area contributed by atoms with E-state index < -0.39 is 50.6 Å². The summed E-state index contributed by atoms with van der Waals surface area (Å²) < 4.78 is 26.5. The Morgan fingerprint density at radius 3 is 2.64 bits per heavy atom. The molecule has 15 nitrogen and oxygen atoms in total. The van der Waals surface area contributed by atoms with Crippen molar-refractivity contribution in [3.8, 4) is 5.75 Å². The van der Waals surface area contributed by atoms with Crippen molar-refractivity contribution in [1.82, 2.24) is 19.5 Å². The van der Waals surface area contributed by atoms with Crippen molar-refractivity contribution in [2.45, 2.75) is 24.5 Å². The van der Waals surface area contributed by atoms with E-state index in [9.17, 15) is 34.2 Å². The van der Waals surface area contributed by atoms with Gasteiger partial charge in [0.25, 0.3) is 5.91 Å². The van der Waals surface area contributed by atoms with Crippen LogP contribution in [0, 0.1) is 0 Å². The van der Waals surface area contributed by atoms with Crippen molar-refractivity contribution in [2.24, 2.45) is 0 Å². The maximum atomic E-state index is 12.7. The van der Waals surface area contributed by atoms with Crippen LogP contribution in [0.3, 0.4) is 0 Å². The fourth-order valence-corrected chi connectivity index (χ4v) is 3.81. The molecule has 0 bridgehead atoms. The van der Waals surface area contributed by atoms with Crippen LogP contribution in [-0.4, -0.2) is 67.7 Å². The van der Waals surface area contributed by atoms with E-state index in [1.54, 1.807) is 18.2 Å². The quantitative estimate of drug-likeness (QED) is 0.162. The average Bonchev–Trinajstić information content (AvgIpc) is 3.32. The molecule has 1 saturated heterocycles. The molecule has 1 aliphatic rings. The van der Waals surface area contributed by atoms with E-state index in [0.717, 1.165) is 10.9 Å². The fourth-order valence-electron chi connectivity index (χ4n) is 3.48. The number of aliphatic hydroxyl groups is 2. The number of nitrogens with zero attached hydrogens (tertiary/aromatic N) is 3. The minimum Gasteiger partial charge on any atom is -0.790 e. The van der Waals surface area contributed by atoms with Crippen LogP contribution in [0.25, 0.3) is 11.2 Å². The zero-order valence-corrected chi connectivity index (χ0v) is 24.2. The normalized spacial score (nSPS) is 21.5. The molecule has 4 rings (SSSR count). The predicted octanol–water partition coefficient (Wildman–Crippen LogP) is -8.15. The van der Waals surface area contributed by atoms with Gasteiger partial charge in [0.2, 0.25) is 0 Å². The number of phosphoric ester groups is 1. The summed E-state index contributed by atoms with van der Waals surface area (Å²) in [7, 11) is -3.94. The Bertz CT molecular complexity index is 1330. The number of nitrogens with one attached hydrogen (secondary N) is 2. The van der Waals surface area contributed by atoms with E-state index in [4.69, 9.17) is 9.47 Å². The summed E-state index contributed by atoms with van der Waals surface area (Å²) in [6.45, 7) is -0.833. The molecule has 4 N–H and O–H groups in total. The monoisotopic (exact) mass is 541 g/mol. The second kappa shape index (κ2) is 12.6. The first-order valence-electron chi connectivity index (χ1n) is 9.68. The van der Waals surface area contributed by atoms with Crippen LogP contribution in [0.5, 0.6) is 5.75 Å². The third kappa shape index (κ3) is 6.63. The minimum absolute atomic E-state index is 0. The number of carbonyl (C=O) groups is 1. The Morgan fingerprint density at radius 1 is 1.28 bits per heavy atom. The molecule has 182 valence electrons. The zero-order valence-electron chi connectivity index (χ0n) is 19.4. The van der Waals surface area contributed by atoms with Gasteiger partial charge in [0.05, 0.1) is 33.4 Å². The number of phosphoric acid groups is 1. The molecule has 0 unspecified atom stereocenters. The van der Waals surface area contributed by atoms with Crippen molar-refractivity contribution in [1.29, 1.82) is 0 Å². The number of hydrogen-bond donors (Lipinski definition) is 4. The molecule has 0 radical (unpaired) electrons. The van der Waals surface area contributed by atoms with Gasteiger partial charge in [-0.05, 0) is 12.1 Å². The maximum Gasteiger partial charge on any atom is 1.00 e. The van der Waals surface area contributed by atoms with Gasteiger partial charge < -0.3 is 43.9 Å². The average molecular weight is 541 g/mol. The van der Waals surface area contributed by atoms with Crippen LogP contribution in [0.4, 0.5) is 5.82 Å². The molecule has 3 aromatic rings. The van der Waals surface area contributed by atoms with E-state index in [-0.39, 0.29) is 81.7 Å². The summed E-state index contributed by atoms with van der Waals surface area (Å²) in [4.78, 5) is 56.6. The molecule has 36 heavy (non-hydrogen) atoms. The van der Waals surface area contributed by atoms with E-state index in [1.165, 1.54) is 13.2 Å². The van der Waals surface area contributed by atoms with E-state index in [1.807, 2.05) is 0 Å². The van der Waals surface area contributed by atoms with E-state index >= 15 is 0 Å². The fraction of sp³-hybridized carbons (Fsp3) is 0.333. The topological polar surface area (TPSA) is 224 Å². The number of aromatic amines is 1. The number of imidazole rings is 1. The van der Waals surface area contributed by atoms with Crippen LogP contribution >= 0.6 is 7.82 Å². The van der Waals surface area contributed by atoms with Gasteiger partial charge in [0, 0.05) is 0 Å². The summed E-state index contributed by atoms with van der Waals surface area (Å²) in [6, 6.07) is 6.39. The molecule has 1 aromatic carbocycles. The molecule has 3 heterocycles. The third-order valence-corrected chi connectivity index (χ3v) is 5.51. The van der Waals surface area contributed by atoms with Gasteiger partial charge in [-0.3, -0.25) is 14.3 Å². The number of rotatable bonds is 7. The van der Waals surface area contributed by atoms with Crippen molar-refractivity contribution < 1.29 is 102 Å². The number of amides is 1. The summed E-state index contributed by atoms with van der Waals surface area (Å²) in [5.74, 6) is -0.417. The molecular weight excluding hydrogens is 523 g/mol. The second-order valence-corrected chi connectivity index (χ2v) is 8.34. The number of fused-ring (bicyclic) bond motifs is 1. The maximum absolute atomic E-state index is 12.7. The van der Waals surface area contributed by atoms with Gasteiger partial charge in [0.1, 0.15) is 35.4 Å². The molecule has 1 fully saturated rings. The van der Waals surface area contributed by atoms with E-state index in [0.29, 0.717) is 5.75 Å². The van der Waals surface area contributed by atoms with Crippen molar-refractivity contribution in [3.63, 3.8) is 0 Å². The molecule has 1 aliphatic heterocycles. The van der Waals surface area contributed by atoms with Gasteiger partial charge in [-0.1, -0.05) is 12.1 Å². The molecule has 4 atom stereocenters. The number of hydrogen-bond acceptors (Lipinski definition) is 12. The standard InChI is InChI=1S/C18H20N5O10P.2Na/c1-31-9-5-3-2-4-8(9)16(26)20-14-11-15(22-18(27)21-14)23(7-19-11)17-13(25)12(24)10(33-17)6-32-34(28,29)30;;/h2-5,7,10,12-13,17,24-25H,6H2,1H3,(H2,28,29,30)(H2,20,21,22,26,27);;/q;2*+1/p-2/t10-,12-,13-,17-;;/m1../s1. The summed E-state index contributed by atoms with van der Waals surface area (Å²) in [5, 5.41) is 23.1. The first kappa shape index (κ1) is 31.1. The predicted molar refractivity (Wildman–Crippen MR) is 109 cm³/mol. The number of aromatic nitrogens is 4. The number of anilines is 1. The van der Waals surface area contributed by atoms with Crippen LogP contribution in [0.15, 0.2) is 35.4 Å². The van der Waals surface area contributed by atoms with Crippen LogP contribution in [0.1, 0.15) is 16.6 Å². The SMILES string of the molecule is COc1ccccc1C(=O)Nc1[nH]c(=O)nc2c1ncn2[C@@H]1O[C@H](COP(=O)([O-])[O-])[C@@H](O)[C@H]1O.[Na+].[Na+]. The van der Waals surface area contributed by atoms with Crippen LogP contribution in [-0.2, 0) is 13.8 Å². The van der Waals surface area contributed by atoms with E-state index in [2.05, 4.69) is 24.8 Å². The number of benzene rings is 1. The largest absolute Gasteiger partial charge is 1.00 e. The first-order chi connectivity index (χ1) is 16.1. The van der Waals surface area contributed by atoms with Gasteiger partial charge in [0.15, 0.2) is 11.9 Å². The molecule has 2 aromatic heterocycles. The van der Waals surface area contributed by atoms with Crippen LogP contribution in [0.2, 0.25) is 0 Å². The molecule has 0 saturated carbocycles. The Hall–Kier alpha value is -1.17. The number of carbonyl (C=O) groups excluding carboxylic acids is 1.